The van der Waals surface area contributed by atoms with Crippen LogP contribution in [0.15, 0.2) is 53.3 Å². The average molecular weight is 527 g/mol. The van der Waals surface area contributed by atoms with E-state index < -0.39 is 24.7 Å². The van der Waals surface area contributed by atoms with Crippen LogP contribution < -0.4 is 10.1 Å². The Balaban J connectivity index is 1.43. The zero-order valence-electron chi connectivity index (χ0n) is 19.5. The highest BCUT2D eigenvalue weighted by molar-refractivity contribution is 6.29. The van der Waals surface area contributed by atoms with Crippen molar-refractivity contribution in [2.45, 2.75) is 25.6 Å². The zero-order chi connectivity index (χ0) is 26.1. The lowest BCUT2D eigenvalue weighted by Crippen LogP contribution is -2.39. The molecule has 0 fully saturated rings. The molecule has 0 saturated carbocycles. The molecule has 3 aromatic rings. The van der Waals surface area contributed by atoms with Crippen LogP contribution in [0.3, 0.4) is 0 Å². The van der Waals surface area contributed by atoms with Gasteiger partial charge in [0.1, 0.15) is 42.4 Å². The summed E-state index contributed by atoms with van der Waals surface area (Å²) in [7, 11) is 0. The van der Waals surface area contributed by atoms with Crippen LogP contribution >= 0.6 is 11.6 Å². The molecule has 2 heterocycles. The maximum atomic E-state index is 12.6. The normalized spacial score (nSPS) is 12.4. The number of carbonyl (C=O) groups is 1. The summed E-state index contributed by atoms with van der Waals surface area (Å²) in [6.45, 7) is 1.30. The number of hydrogen-bond donors (Lipinski definition) is 2. The minimum atomic E-state index is -4.47. The predicted molar refractivity (Wildman–Crippen MR) is 127 cm³/mol. The van der Waals surface area contributed by atoms with Gasteiger partial charge in [0, 0.05) is 37.0 Å². The Labute approximate surface area is 211 Å². The van der Waals surface area contributed by atoms with E-state index in [1.807, 2.05) is 0 Å². The van der Waals surface area contributed by atoms with Gasteiger partial charge in [0.2, 0.25) is 11.8 Å². The maximum Gasteiger partial charge on any atom is 0.406 e. The van der Waals surface area contributed by atoms with E-state index in [4.69, 9.17) is 20.8 Å². The van der Waals surface area contributed by atoms with Crippen LogP contribution in [0.5, 0.6) is 5.75 Å². The number of ether oxygens (including phenoxy) is 1. The number of likely N-dealkylation sites (N-methyl/N-ethyl adjacent to an activating group) is 1. The van der Waals surface area contributed by atoms with Gasteiger partial charge in [-0.1, -0.05) is 17.7 Å². The van der Waals surface area contributed by atoms with Crippen molar-refractivity contribution in [1.29, 1.82) is 0 Å². The number of rotatable bonds is 12. The lowest BCUT2D eigenvalue weighted by molar-refractivity contribution is -0.160. The highest BCUT2D eigenvalue weighted by Crippen LogP contribution is 2.23. The monoisotopic (exact) mass is 526 g/mol. The summed E-state index contributed by atoms with van der Waals surface area (Å²) in [5.41, 5.74) is 1.81. The number of benzene rings is 1. The second-order valence-electron chi connectivity index (χ2n) is 7.83. The van der Waals surface area contributed by atoms with Crippen LogP contribution in [0, 0.1) is 0 Å². The quantitative estimate of drug-likeness (QED) is 0.271. The van der Waals surface area contributed by atoms with E-state index in [-0.39, 0.29) is 18.9 Å². The first-order chi connectivity index (χ1) is 17.1. The van der Waals surface area contributed by atoms with Crippen LogP contribution in [0.1, 0.15) is 24.5 Å². The molecule has 1 amide bonds. The smallest absolute Gasteiger partial charge is 0.406 e. The van der Waals surface area contributed by atoms with Crippen molar-refractivity contribution in [3.05, 3.63) is 65.5 Å². The van der Waals surface area contributed by atoms with E-state index in [1.165, 1.54) is 19.4 Å². The summed E-state index contributed by atoms with van der Waals surface area (Å²) >= 11 is 5.74. The number of oxazole rings is 1. The van der Waals surface area contributed by atoms with E-state index in [0.29, 0.717) is 52.3 Å². The second kappa shape index (κ2) is 12.7. The molecular formula is C24H26ClF3N4O4. The van der Waals surface area contributed by atoms with Crippen LogP contribution in [-0.2, 0) is 11.2 Å². The molecule has 0 aliphatic heterocycles. The molecule has 0 bridgehead atoms. The van der Waals surface area contributed by atoms with Crippen molar-refractivity contribution in [3.8, 4) is 17.0 Å². The third-order valence-corrected chi connectivity index (χ3v) is 5.35. The maximum absolute atomic E-state index is 12.6. The number of aromatic nitrogens is 2. The Kier molecular flexibility index (Phi) is 9.68. The van der Waals surface area contributed by atoms with Crippen LogP contribution in [0.4, 0.5) is 13.2 Å². The fourth-order valence-corrected chi connectivity index (χ4v) is 3.37. The van der Waals surface area contributed by atoms with Gasteiger partial charge in [0.15, 0.2) is 0 Å². The second-order valence-corrected chi connectivity index (χ2v) is 8.22. The molecule has 0 unspecified atom stereocenters. The standard InChI is InChI=1S/C24H26ClF3N4O4/c1-2-32(15-24(26,27)28)23(34)11-22-31-19(14-36-22)16-3-6-18(7-4-16)35-10-9-29-13-20(33)17-5-8-21(25)30-12-17/h3-8,12,14,20,29,33H,2,9-11,13,15H2,1H3/t20-/m1/s1. The molecular weight excluding hydrogens is 501 g/mol. The molecule has 1 aromatic carbocycles. The first-order valence-corrected chi connectivity index (χ1v) is 11.5. The average Bonchev–Trinajstić information content (AvgIpc) is 3.30. The van der Waals surface area contributed by atoms with Crippen molar-refractivity contribution in [2.24, 2.45) is 0 Å². The summed E-state index contributed by atoms with van der Waals surface area (Å²) in [4.78, 5) is 21.0. The van der Waals surface area contributed by atoms with Crippen molar-refractivity contribution in [1.82, 2.24) is 20.2 Å². The van der Waals surface area contributed by atoms with Crippen molar-refractivity contribution < 1.29 is 32.2 Å². The van der Waals surface area contributed by atoms with Gasteiger partial charge in [0.05, 0.1) is 6.10 Å². The van der Waals surface area contributed by atoms with Gasteiger partial charge in [-0.25, -0.2) is 9.97 Å². The first kappa shape index (κ1) is 27.4. The summed E-state index contributed by atoms with van der Waals surface area (Å²) in [6, 6.07) is 10.3. The lowest BCUT2D eigenvalue weighted by atomic mass is 10.1. The first-order valence-electron chi connectivity index (χ1n) is 11.2. The molecule has 1 atom stereocenters. The lowest BCUT2D eigenvalue weighted by Gasteiger charge is -2.21. The predicted octanol–water partition coefficient (Wildman–Crippen LogP) is 4.05. The molecule has 0 aliphatic rings. The third-order valence-electron chi connectivity index (χ3n) is 5.13. The summed E-state index contributed by atoms with van der Waals surface area (Å²) in [6.07, 6.45) is -2.67. The van der Waals surface area contributed by atoms with E-state index in [1.54, 1.807) is 36.4 Å². The molecule has 0 radical (unpaired) electrons. The molecule has 194 valence electrons. The number of halogens is 4. The number of nitrogens with zero attached hydrogens (tertiary/aromatic N) is 3. The van der Waals surface area contributed by atoms with E-state index >= 15 is 0 Å². The van der Waals surface area contributed by atoms with Gasteiger partial charge in [-0.2, -0.15) is 13.2 Å². The number of hydrogen-bond acceptors (Lipinski definition) is 7. The molecule has 0 saturated heterocycles. The number of alkyl halides is 3. The largest absolute Gasteiger partial charge is 0.492 e. The number of aliphatic hydroxyl groups is 1. The summed E-state index contributed by atoms with van der Waals surface area (Å²) in [5.74, 6) is -0.0517. The van der Waals surface area contributed by atoms with Crippen LogP contribution in [0.25, 0.3) is 11.3 Å². The minimum absolute atomic E-state index is 0.0404. The Bertz CT molecular complexity index is 1110. The Morgan fingerprint density at radius 2 is 2.00 bits per heavy atom. The summed E-state index contributed by atoms with van der Waals surface area (Å²) in [5, 5.41) is 13.6. The molecule has 0 aliphatic carbocycles. The Morgan fingerprint density at radius 3 is 2.64 bits per heavy atom. The van der Waals surface area contributed by atoms with Crippen molar-refractivity contribution in [2.75, 3.05) is 32.8 Å². The number of pyridine rings is 1. The molecule has 36 heavy (non-hydrogen) atoms. The highest BCUT2D eigenvalue weighted by atomic mass is 35.5. The van der Waals surface area contributed by atoms with Gasteiger partial charge in [-0.3, -0.25) is 4.79 Å². The molecule has 12 heteroatoms. The molecule has 2 N–H and O–H groups in total. The fraction of sp³-hybridized carbons (Fsp3) is 0.375. The van der Waals surface area contributed by atoms with Crippen LogP contribution in [-0.4, -0.2) is 64.8 Å². The van der Waals surface area contributed by atoms with Gasteiger partial charge in [0.25, 0.3) is 0 Å². The molecule has 2 aromatic heterocycles. The number of nitrogens with one attached hydrogen (secondary N) is 1. The number of carbonyl (C=O) groups excluding carboxylic acids is 1. The van der Waals surface area contributed by atoms with Crippen molar-refractivity contribution >= 4 is 17.5 Å². The van der Waals surface area contributed by atoms with E-state index in [2.05, 4.69) is 15.3 Å². The van der Waals surface area contributed by atoms with Gasteiger partial charge in [-0.15, -0.1) is 0 Å². The fourth-order valence-electron chi connectivity index (χ4n) is 3.26. The van der Waals surface area contributed by atoms with Gasteiger partial charge >= 0.3 is 6.18 Å². The minimum Gasteiger partial charge on any atom is -0.492 e. The van der Waals surface area contributed by atoms with Crippen molar-refractivity contribution in [3.63, 3.8) is 0 Å². The Hall–Kier alpha value is -3.15. The highest BCUT2D eigenvalue weighted by Gasteiger charge is 2.32. The summed E-state index contributed by atoms with van der Waals surface area (Å²) < 4.78 is 48.8. The Morgan fingerprint density at radius 1 is 1.25 bits per heavy atom. The molecule has 0 spiro atoms. The number of amides is 1. The van der Waals surface area contributed by atoms with Gasteiger partial charge in [-0.05, 0) is 37.3 Å². The number of aliphatic hydroxyl groups excluding tert-OH is 1. The van der Waals surface area contributed by atoms with E-state index in [0.717, 1.165) is 0 Å². The topological polar surface area (TPSA) is 101 Å². The van der Waals surface area contributed by atoms with Crippen LogP contribution in [0.2, 0.25) is 5.15 Å². The van der Waals surface area contributed by atoms with E-state index in [9.17, 15) is 23.1 Å². The third kappa shape index (κ3) is 8.51. The SMILES string of the molecule is CCN(CC(F)(F)F)C(=O)Cc1nc(-c2ccc(OCCNC[C@@H](O)c3ccc(Cl)nc3)cc2)co1. The zero-order valence-corrected chi connectivity index (χ0v) is 20.2. The van der Waals surface area contributed by atoms with Gasteiger partial charge < -0.3 is 24.5 Å². The molecule has 8 nitrogen and oxygen atoms in total. The molecule has 3 rings (SSSR count).